The topological polar surface area (TPSA) is 69.7 Å². The molecule has 3 aliphatic rings. The van der Waals surface area contributed by atoms with E-state index in [0.717, 1.165) is 43.4 Å². The minimum atomic E-state index is -0.314. The van der Waals surface area contributed by atoms with Crippen LogP contribution in [0, 0.1) is 0 Å². The highest BCUT2D eigenvalue weighted by Crippen LogP contribution is 2.40. The summed E-state index contributed by atoms with van der Waals surface area (Å²) in [5.41, 5.74) is 1.22. The number of carbonyl (C=O) groups is 3. The van der Waals surface area contributed by atoms with E-state index in [4.69, 9.17) is 0 Å². The van der Waals surface area contributed by atoms with Crippen LogP contribution in [0.2, 0.25) is 0 Å². The van der Waals surface area contributed by atoms with E-state index >= 15 is 0 Å². The molecule has 2 saturated carbocycles. The van der Waals surface area contributed by atoms with Gasteiger partial charge in [0.2, 0.25) is 5.91 Å². The second kappa shape index (κ2) is 6.74. The molecular formula is C20H25N3O3. The molecule has 2 aliphatic carbocycles. The molecule has 26 heavy (non-hydrogen) atoms. The Hall–Kier alpha value is -2.37. The first-order chi connectivity index (χ1) is 12.6. The minimum Gasteiger partial charge on any atom is -0.354 e. The first kappa shape index (κ1) is 17.1. The molecule has 138 valence electrons. The molecule has 0 unspecified atom stereocenters. The number of amides is 4. The van der Waals surface area contributed by atoms with Gasteiger partial charge in [-0.1, -0.05) is 43.2 Å². The van der Waals surface area contributed by atoms with Gasteiger partial charge in [-0.3, -0.25) is 14.5 Å². The van der Waals surface area contributed by atoms with Crippen LogP contribution < -0.4 is 5.32 Å². The Kier molecular flexibility index (Phi) is 4.42. The van der Waals surface area contributed by atoms with Crippen LogP contribution in [0.1, 0.15) is 44.1 Å². The van der Waals surface area contributed by atoms with Crippen LogP contribution in [-0.4, -0.2) is 53.3 Å². The van der Waals surface area contributed by atoms with Gasteiger partial charge in [0, 0.05) is 18.0 Å². The average molecular weight is 355 g/mol. The van der Waals surface area contributed by atoms with Crippen LogP contribution in [-0.2, 0) is 15.0 Å². The number of rotatable bonds is 6. The molecule has 0 spiro atoms. The van der Waals surface area contributed by atoms with Gasteiger partial charge in [0.15, 0.2) is 0 Å². The van der Waals surface area contributed by atoms with Crippen molar-refractivity contribution in [2.45, 2.75) is 50.0 Å². The van der Waals surface area contributed by atoms with E-state index in [1.54, 1.807) is 4.90 Å². The number of nitrogens with zero attached hydrogens (tertiary/aromatic N) is 2. The van der Waals surface area contributed by atoms with Gasteiger partial charge in [-0.25, -0.2) is 4.79 Å². The van der Waals surface area contributed by atoms with Gasteiger partial charge in [0.25, 0.3) is 5.91 Å². The third-order valence-electron chi connectivity index (χ3n) is 5.94. The van der Waals surface area contributed by atoms with Crippen LogP contribution in [0.15, 0.2) is 30.3 Å². The van der Waals surface area contributed by atoms with Crippen molar-refractivity contribution >= 4 is 17.8 Å². The minimum absolute atomic E-state index is 0.0318. The van der Waals surface area contributed by atoms with Gasteiger partial charge < -0.3 is 10.2 Å². The Labute approximate surface area is 153 Å². The number of carbonyl (C=O) groups excluding carboxylic acids is 3. The van der Waals surface area contributed by atoms with E-state index in [2.05, 4.69) is 17.4 Å². The van der Waals surface area contributed by atoms with Gasteiger partial charge in [0.05, 0.1) is 0 Å². The fourth-order valence-corrected chi connectivity index (χ4v) is 4.27. The summed E-state index contributed by atoms with van der Waals surface area (Å²) < 4.78 is 0. The molecular weight excluding hydrogens is 330 g/mol. The van der Waals surface area contributed by atoms with Gasteiger partial charge in [0.1, 0.15) is 13.1 Å². The Morgan fingerprint density at radius 2 is 1.81 bits per heavy atom. The second-order valence-electron chi connectivity index (χ2n) is 7.75. The molecule has 4 rings (SSSR count). The monoisotopic (exact) mass is 355 g/mol. The molecule has 1 aromatic rings. The Morgan fingerprint density at radius 3 is 2.46 bits per heavy atom. The zero-order valence-corrected chi connectivity index (χ0v) is 14.9. The van der Waals surface area contributed by atoms with Crippen molar-refractivity contribution in [1.82, 2.24) is 15.1 Å². The predicted octanol–water partition coefficient (Wildman–Crippen LogP) is 2.04. The molecule has 6 heteroatoms. The highest BCUT2D eigenvalue weighted by atomic mass is 16.2. The number of imide groups is 1. The number of hydrogen-bond donors (Lipinski definition) is 1. The zero-order chi connectivity index (χ0) is 18.1. The zero-order valence-electron chi connectivity index (χ0n) is 14.9. The summed E-state index contributed by atoms with van der Waals surface area (Å²) in [7, 11) is 0. The lowest BCUT2D eigenvalue weighted by Gasteiger charge is -2.30. The number of nitrogens with one attached hydrogen (secondary N) is 1. The lowest BCUT2D eigenvalue weighted by Crippen LogP contribution is -2.45. The van der Waals surface area contributed by atoms with Crippen LogP contribution in [0.4, 0.5) is 4.79 Å². The van der Waals surface area contributed by atoms with E-state index < -0.39 is 0 Å². The van der Waals surface area contributed by atoms with Crippen molar-refractivity contribution in [3.63, 3.8) is 0 Å². The van der Waals surface area contributed by atoms with E-state index in [9.17, 15) is 14.4 Å². The average Bonchev–Trinajstić information content (AvgIpc) is 3.32. The highest BCUT2D eigenvalue weighted by Gasteiger charge is 2.44. The first-order valence-electron chi connectivity index (χ1n) is 9.52. The van der Waals surface area contributed by atoms with Crippen LogP contribution in [0.5, 0.6) is 0 Å². The number of hydrogen-bond acceptors (Lipinski definition) is 3. The Balaban J connectivity index is 1.37. The molecule has 1 heterocycles. The molecule has 0 aromatic heterocycles. The lowest BCUT2D eigenvalue weighted by atomic mass is 9.79. The van der Waals surface area contributed by atoms with Crippen molar-refractivity contribution < 1.29 is 14.4 Å². The fourth-order valence-electron chi connectivity index (χ4n) is 4.27. The van der Waals surface area contributed by atoms with Crippen molar-refractivity contribution in [1.29, 1.82) is 0 Å². The predicted molar refractivity (Wildman–Crippen MR) is 96.4 cm³/mol. The molecule has 3 fully saturated rings. The van der Waals surface area contributed by atoms with Crippen molar-refractivity contribution in [3.8, 4) is 0 Å². The standard InChI is InChI=1S/C20H25N3O3/c24-17(12-23-18(25)13-22(19(23)26)16-8-9-16)21-14-20(10-4-5-11-20)15-6-2-1-3-7-15/h1-3,6-7,16H,4-5,8-14H2,(H,21,24). The third-order valence-corrected chi connectivity index (χ3v) is 5.94. The summed E-state index contributed by atoms with van der Waals surface area (Å²) in [5.74, 6) is -0.526. The van der Waals surface area contributed by atoms with Gasteiger partial charge in [-0.05, 0) is 31.2 Å². The Morgan fingerprint density at radius 1 is 1.12 bits per heavy atom. The fraction of sp³-hybridized carbons (Fsp3) is 0.550. The molecule has 1 aromatic carbocycles. The SMILES string of the molecule is O=C(CN1C(=O)CN(C2CC2)C1=O)NCC1(c2ccccc2)CCCC1. The summed E-state index contributed by atoms with van der Waals surface area (Å²) in [6, 6.07) is 10.2. The van der Waals surface area contributed by atoms with Crippen LogP contribution >= 0.6 is 0 Å². The van der Waals surface area contributed by atoms with Crippen LogP contribution in [0.25, 0.3) is 0 Å². The quantitative estimate of drug-likeness (QED) is 0.794. The molecule has 1 aliphatic heterocycles. The summed E-state index contributed by atoms with van der Waals surface area (Å²) in [6.07, 6.45) is 6.33. The summed E-state index contributed by atoms with van der Waals surface area (Å²) >= 11 is 0. The summed E-state index contributed by atoms with van der Waals surface area (Å²) in [4.78, 5) is 39.5. The molecule has 1 saturated heterocycles. The molecule has 1 N–H and O–H groups in total. The molecule has 0 radical (unpaired) electrons. The summed E-state index contributed by atoms with van der Waals surface area (Å²) in [6.45, 7) is 0.495. The molecule has 6 nitrogen and oxygen atoms in total. The summed E-state index contributed by atoms with van der Waals surface area (Å²) in [5, 5.41) is 2.99. The molecule has 0 bridgehead atoms. The maximum Gasteiger partial charge on any atom is 0.327 e. The van der Waals surface area contributed by atoms with Gasteiger partial charge in [-0.15, -0.1) is 0 Å². The second-order valence-corrected chi connectivity index (χ2v) is 7.75. The van der Waals surface area contributed by atoms with Crippen LogP contribution in [0.3, 0.4) is 0 Å². The number of urea groups is 1. The normalized spacial score (nSPS) is 22.2. The third kappa shape index (κ3) is 3.20. The van der Waals surface area contributed by atoms with Gasteiger partial charge in [-0.2, -0.15) is 0 Å². The maximum absolute atomic E-state index is 12.4. The largest absolute Gasteiger partial charge is 0.354 e. The van der Waals surface area contributed by atoms with Gasteiger partial charge >= 0.3 is 6.03 Å². The van der Waals surface area contributed by atoms with E-state index in [1.165, 1.54) is 5.56 Å². The highest BCUT2D eigenvalue weighted by molar-refractivity contribution is 6.04. The first-order valence-corrected chi connectivity index (χ1v) is 9.52. The maximum atomic E-state index is 12.4. The van der Waals surface area contributed by atoms with Crippen molar-refractivity contribution in [3.05, 3.63) is 35.9 Å². The number of benzene rings is 1. The smallest absolute Gasteiger partial charge is 0.327 e. The molecule has 0 atom stereocenters. The Bertz CT molecular complexity index is 708. The van der Waals surface area contributed by atoms with E-state index in [1.807, 2.05) is 18.2 Å². The van der Waals surface area contributed by atoms with E-state index in [0.29, 0.717) is 6.54 Å². The van der Waals surface area contributed by atoms with E-state index in [-0.39, 0.29) is 42.4 Å². The molecule has 4 amide bonds. The lowest BCUT2D eigenvalue weighted by molar-refractivity contribution is -0.130. The van der Waals surface area contributed by atoms with Crippen molar-refractivity contribution in [2.24, 2.45) is 0 Å². The van der Waals surface area contributed by atoms with Crippen molar-refractivity contribution in [2.75, 3.05) is 19.6 Å².